The molecule has 9 nitrogen and oxygen atoms in total. The first-order valence-electron chi connectivity index (χ1n) is 11.0. The molecule has 0 aliphatic carbocycles. The van der Waals surface area contributed by atoms with Crippen LogP contribution in [0.25, 0.3) is 0 Å². The van der Waals surface area contributed by atoms with E-state index in [-0.39, 0.29) is 14.8 Å². The highest BCUT2D eigenvalue weighted by Crippen LogP contribution is 2.25. The van der Waals surface area contributed by atoms with E-state index >= 15 is 0 Å². The van der Waals surface area contributed by atoms with Gasteiger partial charge in [-0.05, 0) is 43.2 Å². The van der Waals surface area contributed by atoms with Crippen molar-refractivity contribution < 1.29 is 16.8 Å². The molecule has 0 bridgehead atoms. The topological polar surface area (TPSA) is 93.7 Å². The molecule has 10 heteroatoms. The highest BCUT2D eigenvalue weighted by Gasteiger charge is 2.25. The summed E-state index contributed by atoms with van der Waals surface area (Å²) < 4.78 is 14.7. The Labute approximate surface area is 189 Å². The molecule has 4 rings (SSSR count). The van der Waals surface area contributed by atoms with Crippen molar-refractivity contribution in [2.45, 2.75) is 26.3 Å². The number of hydrogen-bond acceptors (Lipinski definition) is 6. The van der Waals surface area contributed by atoms with E-state index in [1.165, 1.54) is 0 Å². The number of nitrogens with zero attached hydrogens (tertiary/aromatic N) is 5. The minimum Gasteiger partial charge on any atom is -0.365 e. The van der Waals surface area contributed by atoms with Crippen LogP contribution in [0.2, 0.25) is 0 Å². The fraction of sp³-hybridized carbons (Fsp3) is 0.455. The Kier molecular flexibility index (Phi) is 6.79. The third-order valence-electron chi connectivity index (χ3n) is 5.69. The van der Waals surface area contributed by atoms with Crippen molar-refractivity contribution in [2.24, 2.45) is 0 Å². The van der Waals surface area contributed by atoms with Crippen LogP contribution in [0, 0.1) is 5.95 Å². The van der Waals surface area contributed by atoms with Gasteiger partial charge in [0, 0.05) is 61.3 Å². The van der Waals surface area contributed by atoms with E-state index in [2.05, 4.69) is 25.5 Å². The van der Waals surface area contributed by atoms with Crippen LogP contribution in [-0.2, 0) is 11.3 Å². The van der Waals surface area contributed by atoms with Crippen molar-refractivity contribution in [2.75, 3.05) is 54.4 Å². The molecule has 0 spiro atoms. The molecule has 0 atom stereocenters. The van der Waals surface area contributed by atoms with E-state index in [0.717, 1.165) is 31.6 Å². The fourth-order valence-electron chi connectivity index (χ4n) is 4.06. The van der Waals surface area contributed by atoms with Gasteiger partial charge in [0.15, 0.2) is 0 Å². The summed E-state index contributed by atoms with van der Waals surface area (Å²) in [7, 11) is 0. The van der Waals surface area contributed by atoms with Crippen molar-refractivity contribution in [3.63, 3.8) is 0 Å². The number of rotatable bonds is 6. The monoisotopic (exact) mass is 445 g/mol. The third kappa shape index (κ3) is 5.13. The summed E-state index contributed by atoms with van der Waals surface area (Å²) in [4.78, 5) is 37.6. The van der Waals surface area contributed by atoms with Crippen LogP contribution >= 0.6 is 0 Å². The molecule has 2 aliphatic rings. The highest BCUT2D eigenvalue weighted by atomic mass is 19.1. The van der Waals surface area contributed by atoms with E-state index in [9.17, 15) is 14.0 Å². The van der Waals surface area contributed by atoms with Gasteiger partial charge in [-0.1, -0.05) is 0 Å². The molecule has 32 heavy (non-hydrogen) atoms. The minimum atomic E-state index is -0.536. The Morgan fingerprint density at radius 1 is 1.19 bits per heavy atom. The Bertz CT molecular complexity index is 989. The van der Waals surface area contributed by atoms with Gasteiger partial charge in [-0.3, -0.25) is 19.9 Å². The molecule has 3 amide bonds. The smallest absolute Gasteiger partial charge is 0.320 e. The highest BCUT2D eigenvalue weighted by molar-refractivity contribution is 5.94. The molecule has 2 aliphatic heterocycles. The average molecular weight is 446 g/mol. The second-order valence-electron chi connectivity index (χ2n) is 7.93. The maximum absolute atomic E-state index is 14.7. The van der Waals surface area contributed by atoms with Crippen LogP contribution in [0.5, 0.6) is 0 Å². The zero-order valence-corrected chi connectivity index (χ0v) is 18.2. The van der Waals surface area contributed by atoms with Crippen molar-refractivity contribution in [1.29, 1.82) is 0 Å². The molecule has 0 unspecified atom stereocenters. The van der Waals surface area contributed by atoms with E-state index in [1.54, 1.807) is 23.2 Å². The Morgan fingerprint density at radius 3 is 2.69 bits per heavy atom. The predicted octanol–water partition coefficient (Wildman–Crippen LogP) is 2.70. The number of piperazine rings is 1. The quantitative estimate of drug-likeness (QED) is 0.664. The number of aromatic nitrogens is 2. The summed E-state index contributed by atoms with van der Waals surface area (Å²) in [5, 5.41) is 5.40. The minimum absolute atomic E-state index is 0. The van der Waals surface area contributed by atoms with Crippen molar-refractivity contribution in [3.05, 3.63) is 42.0 Å². The Morgan fingerprint density at radius 2 is 2.00 bits per heavy atom. The van der Waals surface area contributed by atoms with E-state index < -0.39 is 5.95 Å². The Hall–Kier alpha value is -3.27. The lowest BCUT2D eigenvalue weighted by molar-refractivity contribution is -0.117. The molecular formula is C22H32FN7O2. The molecule has 2 fully saturated rings. The number of halogens is 1. The molecule has 174 valence electrons. The largest absolute Gasteiger partial charge is 0.365 e. The van der Waals surface area contributed by atoms with Gasteiger partial charge in [0.2, 0.25) is 11.9 Å². The SMILES string of the molecule is CCNC(=O)Nc1cc(CN2CCN(c3ccc(N4CCCC4=O)nc3F)CC2)ccn1.[HH].[HH]. The number of pyridine rings is 2. The predicted molar refractivity (Wildman–Crippen MR) is 124 cm³/mol. The lowest BCUT2D eigenvalue weighted by Gasteiger charge is -2.36. The standard InChI is InChI=1S/C22H28FN7O2.2H2/c1-2-24-22(32)26-18-14-16(7-8-25-18)15-28-10-12-29(13-11-28)17-5-6-19(27-21(17)23)30-9-3-4-20(30)31;;/h5-8,14H,2-4,9-13,15H2,1H3,(H2,24,25,26,32);2*1H. The molecule has 2 aromatic rings. The van der Waals surface area contributed by atoms with Crippen molar-refractivity contribution in [3.8, 4) is 0 Å². The van der Waals surface area contributed by atoms with Gasteiger partial charge in [0.1, 0.15) is 11.6 Å². The first-order valence-corrected chi connectivity index (χ1v) is 11.0. The van der Waals surface area contributed by atoms with Gasteiger partial charge in [-0.25, -0.2) is 14.8 Å². The molecule has 0 aromatic carbocycles. The molecule has 0 radical (unpaired) electrons. The maximum atomic E-state index is 14.7. The van der Waals surface area contributed by atoms with Crippen molar-refractivity contribution >= 4 is 29.3 Å². The second-order valence-corrected chi connectivity index (χ2v) is 7.93. The van der Waals surface area contributed by atoms with Crippen LogP contribution in [0.3, 0.4) is 0 Å². The van der Waals surface area contributed by atoms with Gasteiger partial charge in [0.05, 0.1) is 5.69 Å². The normalized spacial score (nSPS) is 17.0. The average Bonchev–Trinajstić information content (AvgIpc) is 3.21. The van der Waals surface area contributed by atoms with E-state index in [1.807, 2.05) is 24.0 Å². The van der Waals surface area contributed by atoms with Gasteiger partial charge in [0.25, 0.3) is 0 Å². The third-order valence-corrected chi connectivity index (χ3v) is 5.69. The lowest BCUT2D eigenvalue weighted by Crippen LogP contribution is -2.46. The van der Waals surface area contributed by atoms with Crippen LogP contribution in [0.1, 0.15) is 28.2 Å². The number of carbonyl (C=O) groups excluding carboxylic acids is 2. The number of amides is 3. The van der Waals surface area contributed by atoms with Crippen LogP contribution < -0.4 is 20.4 Å². The van der Waals surface area contributed by atoms with Gasteiger partial charge in [-0.2, -0.15) is 4.39 Å². The zero-order chi connectivity index (χ0) is 22.5. The number of anilines is 3. The summed E-state index contributed by atoms with van der Waals surface area (Å²) in [6.45, 7) is 6.61. The molecule has 2 N–H and O–H groups in total. The summed E-state index contributed by atoms with van der Waals surface area (Å²) in [6.07, 6.45) is 2.96. The van der Waals surface area contributed by atoms with Crippen LogP contribution in [-0.4, -0.2) is 66.1 Å². The van der Waals surface area contributed by atoms with Gasteiger partial charge >= 0.3 is 6.03 Å². The number of hydrogen-bond donors (Lipinski definition) is 2. The first kappa shape index (κ1) is 21.9. The molecule has 0 saturated carbocycles. The zero-order valence-electron chi connectivity index (χ0n) is 18.2. The Balaban J connectivity index is 0.00000204. The fourth-order valence-corrected chi connectivity index (χ4v) is 4.06. The molecule has 2 aromatic heterocycles. The van der Waals surface area contributed by atoms with E-state index in [0.29, 0.717) is 49.9 Å². The number of carbonyl (C=O) groups is 2. The molecule has 4 heterocycles. The molecule has 2 saturated heterocycles. The number of urea groups is 1. The van der Waals surface area contributed by atoms with Crippen LogP contribution in [0.15, 0.2) is 30.5 Å². The van der Waals surface area contributed by atoms with Gasteiger partial charge < -0.3 is 10.2 Å². The van der Waals surface area contributed by atoms with Crippen LogP contribution in [0.4, 0.5) is 26.5 Å². The summed E-state index contributed by atoms with van der Waals surface area (Å²) in [5.41, 5.74) is 1.52. The van der Waals surface area contributed by atoms with Gasteiger partial charge in [-0.15, -0.1) is 0 Å². The first-order chi connectivity index (χ1) is 15.5. The van der Waals surface area contributed by atoms with E-state index in [4.69, 9.17) is 0 Å². The maximum Gasteiger partial charge on any atom is 0.320 e. The molecular weight excluding hydrogens is 413 g/mol. The number of nitrogens with one attached hydrogen (secondary N) is 2. The second kappa shape index (κ2) is 9.90. The lowest BCUT2D eigenvalue weighted by atomic mass is 10.2. The summed E-state index contributed by atoms with van der Waals surface area (Å²) in [6, 6.07) is 6.97. The van der Waals surface area contributed by atoms with Crippen molar-refractivity contribution in [1.82, 2.24) is 20.2 Å². The summed E-state index contributed by atoms with van der Waals surface area (Å²) in [5.74, 6) is 0.364. The summed E-state index contributed by atoms with van der Waals surface area (Å²) >= 11 is 0.